The summed E-state index contributed by atoms with van der Waals surface area (Å²) in [6, 6.07) is 13.3. The SMILES string of the molecule is CCCCC(=O)[NH2+]C1(C(=O)N[C@H](Cc2ccccc2)C(=O)N[C@@H](CCCN=C(N)N)C(=O)N[C@@H](Cc2c[nH]c3ccccc23)C(=O)NCC(N)=O)CCC(C2CCCCC2)CC1. The van der Waals surface area contributed by atoms with E-state index in [-0.39, 0.29) is 50.0 Å². The molecule has 0 saturated heterocycles. The quantitative estimate of drug-likeness (QED) is 0.0408. The number of aromatic nitrogens is 1. The van der Waals surface area contributed by atoms with E-state index in [1.165, 1.54) is 32.1 Å². The molecule has 0 spiro atoms. The molecule has 6 amide bonds. The molecule has 13 N–H and O–H groups in total. The van der Waals surface area contributed by atoms with Crippen molar-refractivity contribution in [2.24, 2.45) is 34.0 Å². The van der Waals surface area contributed by atoms with Crippen molar-refractivity contribution in [3.05, 3.63) is 71.9 Å². The number of nitrogens with one attached hydrogen (secondary N) is 5. The Hall–Kier alpha value is -5.77. The second-order valence-electron chi connectivity index (χ2n) is 17.1. The Labute approximate surface area is 364 Å². The molecule has 1 aromatic heterocycles. The van der Waals surface area contributed by atoms with E-state index in [0.717, 1.165) is 47.7 Å². The van der Waals surface area contributed by atoms with E-state index < -0.39 is 53.8 Å². The monoisotopic (exact) mass is 856 g/mol. The van der Waals surface area contributed by atoms with Crippen LogP contribution in [0.3, 0.4) is 0 Å². The molecule has 16 nitrogen and oxygen atoms in total. The largest absolute Gasteiger partial charge is 0.370 e. The summed E-state index contributed by atoms with van der Waals surface area (Å²) < 4.78 is 0. The number of quaternary nitrogens is 1. The zero-order valence-electron chi connectivity index (χ0n) is 36.1. The van der Waals surface area contributed by atoms with Crippen LogP contribution in [0.2, 0.25) is 0 Å². The molecule has 2 aromatic carbocycles. The van der Waals surface area contributed by atoms with Gasteiger partial charge in [-0.3, -0.25) is 34.3 Å². The van der Waals surface area contributed by atoms with Crippen molar-refractivity contribution in [1.29, 1.82) is 0 Å². The lowest BCUT2D eigenvalue weighted by Gasteiger charge is -2.40. The lowest BCUT2D eigenvalue weighted by Crippen LogP contribution is -3.02. The van der Waals surface area contributed by atoms with Crippen molar-refractivity contribution in [2.75, 3.05) is 13.1 Å². The topological polar surface area (TPSA) is 273 Å². The number of carbonyl (C=O) groups is 6. The lowest BCUT2D eigenvalue weighted by molar-refractivity contribution is -0.637. The average molecular weight is 856 g/mol. The minimum atomic E-state index is -1.19. The summed E-state index contributed by atoms with van der Waals surface area (Å²) in [6.45, 7) is 1.74. The number of amides is 6. The average Bonchev–Trinajstić information content (AvgIpc) is 3.68. The molecule has 0 bridgehead atoms. The third kappa shape index (κ3) is 13.9. The highest BCUT2D eigenvalue weighted by Gasteiger charge is 2.49. The van der Waals surface area contributed by atoms with Crippen molar-refractivity contribution in [3.63, 3.8) is 0 Å². The van der Waals surface area contributed by atoms with Gasteiger partial charge in [0.15, 0.2) is 11.5 Å². The number of H-pyrrole nitrogens is 1. The van der Waals surface area contributed by atoms with E-state index in [9.17, 15) is 28.8 Å². The second-order valence-corrected chi connectivity index (χ2v) is 17.1. The van der Waals surface area contributed by atoms with Crippen LogP contribution >= 0.6 is 0 Å². The predicted molar refractivity (Wildman–Crippen MR) is 238 cm³/mol. The first-order valence-corrected chi connectivity index (χ1v) is 22.4. The molecule has 3 atom stereocenters. The summed E-state index contributed by atoms with van der Waals surface area (Å²) in [5.41, 5.74) is 17.8. The first kappa shape index (κ1) is 47.3. The zero-order chi connectivity index (χ0) is 44.5. The zero-order valence-corrected chi connectivity index (χ0v) is 36.1. The molecule has 5 rings (SSSR count). The highest BCUT2D eigenvalue weighted by molar-refractivity contribution is 5.96. The van der Waals surface area contributed by atoms with Gasteiger partial charge in [-0.25, -0.2) is 4.79 Å². The smallest absolute Gasteiger partial charge is 0.311 e. The highest BCUT2D eigenvalue weighted by atomic mass is 16.2. The van der Waals surface area contributed by atoms with Gasteiger partial charge in [-0.2, -0.15) is 0 Å². The standard InChI is InChI=1S/C46H66N10O6/c1-2-3-20-40(58)56-46(23-21-32(22-24-46)31-15-8-5-9-16-31)44(62)55-37(26-30-13-6-4-7-14-30)43(61)53-36(19-12-25-50-45(48)49)42(60)54-38(41(59)52-29-39(47)57)27-33-28-51-35-18-11-10-17-34(33)35/h4,6-7,10-11,13-14,17-18,28,31-32,36-38,51H,2-3,5,8-9,12,15-16,19-27,29H2,1H3,(H2,47,57)(H,52,59)(H,53,61)(H,54,60)(H,55,62)(H,56,58)(H4,48,49,50)/p+1/t32?,36-,37+,38-,46?/m0/s1. The van der Waals surface area contributed by atoms with Gasteiger partial charge in [0.25, 0.3) is 5.91 Å². The van der Waals surface area contributed by atoms with Gasteiger partial charge in [0.05, 0.1) is 13.0 Å². The molecule has 1 heterocycles. The number of aromatic amines is 1. The van der Waals surface area contributed by atoms with Gasteiger partial charge in [-0.1, -0.05) is 94.0 Å². The maximum Gasteiger partial charge on any atom is 0.311 e. The van der Waals surface area contributed by atoms with E-state index in [2.05, 4.69) is 31.2 Å². The van der Waals surface area contributed by atoms with Crippen LogP contribution in [0.1, 0.15) is 108 Å². The minimum Gasteiger partial charge on any atom is -0.370 e. The Morgan fingerprint density at radius 2 is 1.42 bits per heavy atom. The van der Waals surface area contributed by atoms with Crippen LogP contribution in [0, 0.1) is 11.8 Å². The van der Waals surface area contributed by atoms with Crippen LogP contribution < -0.4 is 43.8 Å². The van der Waals surface area contributed by atoms with Crippen LogP contribution in [0.4, 0.5) is 0 Å². The Bertz CT molecular complexity index is 2000. The molecule has 16 heteroatoms. The fourth-order valence-corrected chi connectivity index (χ4v) is 9.11. The van der Waals surface area contributed by atoms with Crippen molar-refractivity contribution < 1.29 is 34.1 Å². The van der Waals surface area contributed by atoms with Crippen molar-refractivity contribution in [2.45, 2.75) is 133 Å². The van der Waals surface area contributed by atoms with Crippen molar-refractivity contribution >= 4 is 52.3 Å². The van der Waals surface area contributed by atoms with Gasteiger partial charge in [0.2, 0.25) is 23.6 Å². The fraction of sp³-hybridized carbons (Fsp3) is 0.543. The minimum absolute atomic E-state index is 0.0544. The number of aliphatic imine (C=N–C) groups is 1. The van der Waals surface area contributed by atoms with Gasteiger partial charge in [0.1, 0.15) is 18.1 Å². The van der Waals surface area contributed by atoms with Crippen LogP contribution in [-0.4, -0.2) is 83.1 Å². The third-order valence-corrected chi connectivity index (χ3v) is 12.6. The number of guanidine groups is 1. The first-order chi connectivity index (χ1) is 29.9. The molecule has 2 saturated carbocycles. The summed E-state index contributed by atoms with van der Waals surface area (Å²) in [5, 5.41) is 13.7. The molecule has 0 radical (unpaired) electrons. The number of nitrogens with zero attached hydrogens (tertiary/aromatic N) is 1. The Kier molecular flexibility index (Phi) is 17.9. The predicted octanol–water partition coefficient (Wildman–Crippen LogP) is 1.85. The number of hydrogen-bond donors (Lipinski definition) is 9. The molecule has 3 aromatic rings. The maximum atomic E-state index is 14.7. The number of fused-ring (bicyclic) bond motifs is 1. The summed E-state index contributed by atoms with van der Waals surface area (Å²) in [7, 11) is 0. The Morgan fingerprint density at radius 3 is 2.11 bits per heavy atom. The van der Waals surface area contributed by atoms with Gasteiger partial charge in [0, 0.05) is 49.3 Å². The molecule has 62 heavy (non-hydrogen) atoms. The number of para-hydroxylation sites is 1. The maximum absolute atomic E-state index is 14.7. The number of carbonyl (C=O) groups excluding carboxylic acids is 6. The summed E-state index contributed by atoms with van der Waals surface area (Å²) in [4.78, 5) is 89.3. The number of nitrogens with two attached hydrogens (primary N) is 4. The summed E-state index contributed by atoms with van der Waals surface area (Å²) in [6.07, 6.45) is 13.0. The van der Waals surface area contributed by atoms with E-state index in [0.29, 0.717) is 31.1 Å². The highest BCUT2D eigenvalue weighted by Crippen LogP contribution is 2.40. The van der Waals surface area contributed by atoms with Gasteiger partial charge < -0.3 is 43.5 Å². The first-order valence-electron chi connectivity index (χ1n) is 22.4. The number of primary amides is 2. The Morgan fingerprint density at radius 1 is 0.774 bits per heavy atom. The molecule has 2 fully saturated rings. The molecule has 0 unspecified atom stereocenters. The van der Waals surface area contributed by atoms with Gasteiger partial charge >= 0.3 is 5.91 Å². The van der Waals surface area contributed by atoms with E-state index in [1.807, 2.05) is 61.5 Å². The molecule has 336 valence electrons. The molecular weight excluding hydrogens is 789 g/mol. The van der Waals surface area contributed by atoms with Crippen molar-refractivity contribution in [3.8, 4) is 0 Å². The number of unbranched alkanes of at least 4 members (excludes halogenated alkanes) is 1. The van der Waals surface area contributed by atoms with Gasteiger partial charge in [-0.15, -0.1) is 0 Å². The number of benzene rings is 2. The molecule has 0 aliphatic heterocycles. The lowest BCUT2D eigenvalue weighted by atomic mass is 9.68. The van der Waals surface area contributed by atoms with Gasteiger partial charge in [-0.05, 0) is 61.1 Å². The Balaban J connectivity index is 1.40. The summed E-state index contributed by atoms with van der Waals surface area (Å²) in [5.74, 6) is -2.13. The summed E-state index contributed by atoms with van der Waals surface area (Å²) >= 11 is 0. The normalized spacial score (nSPS) is 19.3. The second kappa shape index (κ2) is 23.4. The fourth-order valence-electron chi connectivity index (χ4n) is 9.11. The van der Waals surface area contributed by atoms with E-state index in [4.69, 9.17) is 17.2 Å². The number of rotatable bonds is 22. The van der Waals surface area contributed by atoms with Crippen LogP contribution in [0.25, 0.3) is 10.9 Å². The molecule has 2 aliphatic carbocycles. The van der Waals surface area contributed by atoms with Crippen molar-refractivity contribution in [1.82, 2.24) is 26.3 Å². The van der Waals surface area contributed by atoms with Crippen LogP contribution in [0.5, 0.6) is 0 Å². The third-order valence-electron chi connectivity index (χ3n) is 12.6. The van der Waals surface area contributed by atoms with E-state index in [1.54, 1.807) is 11.5 Å². The number of hydrogen-bond acceptors (Lipinski definition) is 7. The molecular formula is C46H67N10O6+. The molecule has 2 aliphatic rings. The van der Waals surface area contributed by atoms with Crippen LogP contribution in [0.15, 0.2) is 65.8 Å². The van der Waals surface area contributed by atoms with Crippen LogP contribution in [-0.2, 0) is 41.6 Å². The van der Waals surface area contributed by atoms with E-state index >= 15 is 0 Å².